The molecule has 0 aromatic heterocycles. The summed E-state index contributed by atoms with van der Waals surface area (Å²) in [7, 11) is 0. The van der Waals surface area contributed by atoms with E-state index in [1.54, 1.807) is 0 Å². The molecule has 0 radical (unpaired) electrons. The van der Waals surface area contributed by atoms with Gasteiger partial charge < -0.3 is 0 Å². The Morgan fingerprint density at radius 1 is 0.441 bits per heavy atom. The molecule has 1 aliphatic carbocycles. The number of hydrogen-bond donors (Lipinski definition) is 0. The highest BCUT2D eigenvalue weighted by atomic mass is 32.1. The fourth-order valence-corrected chi connectivity index (χ4v) is 5.08. The highest BCUT2D eigenvalue weighted by molar-refractivity contribution is 7.81. The van der Waals surface area contributed by atoms with Crippen molar-refractivity contribution in [2.45, 2.75) is 0 Å². The molecule has 1 fully saturated rings. The molecule has 0 bridgehead atoms. The van der Waals surface area contributed by atoms with E-state index in [4.69, 9.17) is 12.2 Å². The number of nitrogens with zero attached hydrogens (tertiary/aromatic N) is 2. The molecule has 0 N–H and O–H groups in total. The van der Waals surface area contributed by atoms with E-state index < -0.39 is 11.8 Å². The van der Waals surface area contributed by atoms with Crippen LogP contribution < -0.4 is 9.80 Å². The number of carbonyl (C=O) groups is 2. The Bertz CT molecular complexity index is 1400. The molecule has 0 spiro atoms. The first kappa shape index (κ1) is 20.3. The Balaban J connectivity index is 1.66. The van der Waals surface area contributed by atoms with Gasteiger partial charge in [-0.05, 0) is 58.7 Å². The number of para-hydroxylation sites is 2. The number of hydrogen-bond acceptors (Lipinski definition) is 3. The van der Waals surface area contributed by atoms with Gasteiger partial charge in [0.05, 0.1) is 11.4 Å². The number of fused-ring (bicyclic) bond motifs is 3. The summed E-state index contributed by atoms with van der Waals surface area (Å²) >= 11 is 5.74. The zero-order valence-electron chi connectivity index (χ0n) is 18.0. The summed E-state index contributed by atoms with van der Waals surface area (Å²) in [5.41, 5.74) is 5.73. The lowest BCUT2D eigenvalue weighted by Gasteiger charge is -2.37. The highest BCUT2D eigenvalue weighted by Crippen LogP contribution is 2.47. The van der Waals surface area contributed by atoms with Crippen molar-refractivity contribution in [2.75, 3.05) is 9.80 Å². The van der Waals surface area contributed by atoms with Crippen molar-refractivity contribution in [3.63, 3.8) is 0 Å². The molecule has 1 heterocycles. The topological polar surface area (TPSA) is 40.6 Å². The van der Waals surface area contributed by atoms with E-state index in [2.05, 4.69) is 0 Å². The summed E-state index contributed by atoms with van der Waals surface area (Å²) in [4.78, 5) is 31.0. The van der Waals surface area contributed by atoms with E-state index in [-0.39, 0.29) is 10.7 Å². The van der Waals surface area contributed by atoms with Crippen LogP contribution in [0, 0.1) is 0 Å². The SMILES string of the molecule is O=C1C(=C2c3ccccc3-c3ccccc32)C(=O)N(c2ccccc2)C(=S)N1c1ccccc1. The summed E-state index contributed by atoms with van der Waals surface area (Å²) < 4.78 is 0. The fourth-order valence-electron chi connectivity index (χ4n) is 4.70. The molecule has 4 aromatic carbocycles. The number of anilines is 2. The van der Waals surface area contributed by atoms with Gasteiger partial charge >= 0.3 is 0 Å². The molecule has 4 aromatic rings. The predicted octanol–water partition coefficient (Wildman–Crippen LogP) is 5.83. The second-order valence-corrected chi connectivity index (χ2v) is 8.44. The van der Waals surface area contributed by atoms with E-state index in [1.165, 1.54) is 9.80 Å². The third-order valence-corrected chi connectivity index (χ3v) is 6.54. The van der Waals surface area contributed by atoms with E-state index in [0.29, 0.717) is 16.9 Å². The minimum Gasteiger partial charge on any atom is -0.268 e. The predicted molar refractivity (Wildman–Crippen MR) is 138 cm³/mol. The smallest absolute Gasteiger partial charge is 0.268 e. The molecule has 2 amide bonds. The maximum atomic E-state index is 14.1. The van der Waals surface area contributed by atoms with Crippen LogP contribution in [0.3, 0.4) is 0 Å². The second-order valence-electron chi connectivity index (χ2n) is 8.08. The van der Waals surface area contributed by atoms with E-state index in [1.807, 2.05) is 109 Å². The third-order valence-electron chi connectivity index (χ3n) is 6.18. The highest BCUT2D eigenvalue weighted by Gasteiger charge is 2.44. The van der Waals surface area contributed by atoms with Crippen LogP contribution >= 0.6 is 12.2 Å². The van der Waals surface area contributed by atoms with Gasteiger partial charge in [0, 0.05) is 5.57 Å². The Morgan fingerprint density at radius 2 is 0.794 bits per heavy atom. The van der Waals surface area contributed by atoms with Crippen LogP contribution in [0.1, 0.15) is 11.1 Å². The van der Waals surface area contributed by atoms with E-state index >= 15 is 0 Å². The van der Waals surface area contributed by atoms with E-state index in [9.17, 15) is 9.59 Å². The lowest BCUT2D eigenvalue weighted by molar-refractivity contribution is -0.120. The van der Waals surface area contributed by atoms with Crippen LogP contribution in [-0.4, -0.2) is 16.9 Å². The second kappa shape index (κ2) is 7.90. The molecule has 34 heavy (non-hydrogen) atoms. The van der Waals surface area contributed by atoms with Crippen molar-refractivity contribution < 1.29 is 9.59 Å². The average Bonchev–Trinajstić information content (AvgIpc) is 3.20. The van der Waals surface area contributed by atoms with Crippen molar-refractivity contribution in [2.24, 2.45) is 0 Å². The van der Waals surface area contributed by atoms with Gasteiger partial charge in [0.2, 0.25) is 0 Å². The molecule has 0 unspecified atom stereocenters. The van der Waals surface area contributed by atoms with Crippen molar-refractivity contribution in [3.05, 3.63) is 126 Å². The molecule has 4 nitrogen and oxygen atoms in total. The minimum atomic E-state index is -0.421. The summed E-state index contributed by atoms with van der Waals surface area (Å²) in [6, 6.07) is 34.2. The van der Waals surface area contributed by atoms with Crippen LogP contribution in [0.2, 0.25) is 0 Å². The Kier molecular flexibility index (Phi) is 4.71. The maximum Gasteiger partial charge on any atom is 0.270 e. The van der Waals surface area contributed by atoms with Crippen molar-refractivity contribution in [1.82, 2.24) is 0 Å². The first-order chi connectivity index (χ1) is 16.7. The van der Waals surface area contributed by atoms with Crippen LogP contribution in [0.5, 0.6) is 0 Å². The first-order valence-electron chi connectivity index (χ1n) is 10.9. The zero-order valence-corrected chi connectivity index (χ0v) is 18.8. The number of amides is 2. The lowest BCUT2D eigenvalue weighted by atomic mass is 9.94. The summed E-state index contributed by atoms with van der Waals surface area (Å²) in [5, 5.41) is 0.135. The van der Waals surface area contributed by atoms with Gasteiger partial charge in [-0.3, -0.25) is 19.4 Å². The maximum absolute atomic E-state index is 14.1. The Hall–Kier alpha value is -4.35. The minimum absolute atomic E-state index is 0.110. The monoisotopic (exact) mass is 458 g/mol. The summed E-state index contributed by atoms with van der Waals surface area (Å²) in [6.45, 7) is 0. The normalized spacial score (nSPS) is 15.0. The van der Waals surface area contributed by atoms with Gasteiger partial charge in [-0.1, -0.05) is 84.9 Å². The summed E-state index contributed by atoms with van der Waals surface area (Å²) in [6.07, 6.45) is 0. The standard InChI is InChI=1S/C29H18N2O2S/c32-27-26(25-23-17-9-7-15-21(23)22-16-8-10-18-24(22)25)28(33)31(20-13-5-2-6-14-20)29(34)30(27)19-11-3-1-4-12-19/h1-18H. The zero-order chi connectivity index (χ0) is 23.2. The van der Waals surface area contributed by atoms with Crippen LogP contribution in [0.25, 0.3) is 16.7 Å². The molecule has 1 aliphatic heterocycles. The molecular formula is C29H18N2O2S. The van der Waals surface area contributed by atoms with Crippen LogP contribution in [0.15, 0.2) is 115 Å². The number of carbonyl (C=O) groups excluding carboxylic acids is 2. The molecule has 0 saturated carbocycles. The molecule has 2 aliphatic rings. The average molecular weight is 459 g/mol. The Morgan fingerprint density at radius 3 is 1.21 bits per heavy atom. The van der Waals surface area contributed by atoms with Gasteiger partial charge in [0.15, 0.2) is 5.11 Å². The fraction of sp³-hybridized carbons (Fsp3) is 0. The van der Waals surface area contributed by atoms with Crippen LogP contribution in [-0.2, 0) is 9.59 Å². The van der Waals surface area contributed by atoms with Crippen molar-refractivity contribution >= 4 is 46.1 Å². The summed E-state index contributed by atoms with van der Waals surface area (Å²) in [5.74, 6) is -0.843. The van der Waals surface area contributed by atoms with Gasteiger partial charge in [-0.15, -0.1) is 0 Å². The van der Waals surface area contributed by atoms with Gasteiger partial charge in [-0.25, -0.2) is 0 Å². The Labute approximate surface area is 202 Å². The van der Waals surface area contributed by atoms with Crippen molar-refractivity contribution in [1.29, 1.82) is 0 Å². The molecule has 6 rings (SSSR count). The number of rotatable bonds is 2. The largest absolute Gasteiger partial charge is 0.270 e. The van der Waals surface area contributed by atoms with Crippen molar-refractivity contribution in [3.8, 4) is 11.1 Å². The first-order valence-corrected chi connectivity index (χ1v) is 11.3. The molecule has 5 heteroatoms. The van der Waals surface area contributed by atoms with Gasteiger partial charge in [0.1, 0.15) is 5.57 Å². The number of benzene rings is 4. The van der Waals surface area contributed by atoms with Gasteiger partial charge in [-0.2, -0.15) is 0 Å². The molecule has 1 saturated heterocycles. The van der Waals surface area contributed by atoms with E-state index in [0.717, 1.165) is 22.3 Å². The quantitative estimate of drug-likeness (QED) is 0.190. The van der Waals surface area contributed by atoms with Crippen LogP contribution in [0.4, 0.5) is 11.4 Å². The molecule has 162 valence electrons. The third kappa shape index (κ3) is 2.95. The molecular weight excluding hydrogens is 440 g/mol. The lowest BCUT2D eigenvalue weighted by Crippen LogP contribution is -2.57. The van der Waals surface area contributed by atoms with Gasteiger partial charge in [0.25, 0.3) is 11.8 Å². The molecule has 0 atom stereocenters. The number of thiocarbonyl (C=S) groups is 1.